The molecular weight excluding hydrogens is 442 g/mol. The van der Waals surface area contributed by atoms with E-state index in [1.54, 1.807) is 0 Å². The Kier molecular flexibility index (Phi) is 7.23. The SMILES string of the molecule is CON(C)C(=O)N1N=C(c2cc(F)ccc2F)OC1(CCCNC1CC=CC1)c1ccccc1. The lowest BCUT2D eigenvalue weighted by Gasteiger charge is -2.36. The topological polar surface area (TPSA) is 66.4 Å². The largest absolute Gasteiger partial charge is 0.443 e. The lowest BCUT2D eigenvalue weighted by atomic mass is 9.96. The van der Waals surface area contributed by atoms with E-state index >= 15 is 0 Å². The zero-order valence-electron chi connectivity index (χ0n) is 19.2. The van der Waals surface area contributed by atoms with Crippen LogP contribution in [0.2, 0.25) is 0 Å². The molecule has 1 atom stereocenters. The van der Waals surface area contributed by atoms with Gasteiger partial charge in [0.1, 0.15) is 11.6 Å². The first-order valence-electron chi connectivity index (χ1n) is 11.2. The Labute approximate surface area is 197 Å². The van der Waals surface area contributed by atoms with Crippen LogP contribution in [0.1, 0.15) is 36.8 Å². The van der Waals surface area contributed by atoms with E-state index in [2.05, 4.69) is 22.6 Å². The van der Waals surface area contributed by atoms with Crippen molar-refractivity contribution in [3.8, 4) is 0 Å². The van der Waals surface area contributed by atoms with Crippen molar-refractivity contribution in [3.05, 3.63) is 83.4 Å². The highest BCUT2D eigenvalue weighted by Crippen LogP contribution is 2.41. The molecule has 0 saturated heterocycles. The maximum atomic E-state index is 14.6. The Morgan fingerprint density at radius 3 is 2.68 bits per heavy atom. The van der Waals surface area contributed by atoms with Crippen LogP contribution in [0.5, 0.6) is 0 Å². The predicted octanol–water partition coefficient (Wildman–Crippen LogP) is 4.51. The van der Waals surface area contributed by atoms with Gasteiger partial charge in [-0.05, 0) is 44.0 Å². The summed E-state index contributed by atoms with van der Waals surface area (Å²) >= 11 is 0. The smallest absolute Gasteiger partial charge is 0.368 e. The van der Waals surface area contributed by atoms with Gasteiger partial charge in [0.15, 0.2) is 0 Å². The van der Waals surface area contributed by atoms with Crippen molar-refractivity contribution in [1.29, 1.82) is 0 Å². The number of carbonyl (C=O) groups is 1. The van der Waals surface area contributed by atoms with Crippen molar-refractivity contribution in [2.45, 2.75) is 37.5 Å². The number of nitrogens with one attached hydrogen (secondary N) is 1. The number of halogens is 2. The first-order valence-corrected chi connectivity index (χ1v) is 11.2. The summed E-state index contributed by atoms with van der Waals surface area (Å²) in [6.45, 7) is 0.691. The second-order valence-corrected chi connectivity index (χ2v) is 8.25. The van der Waals surface area contributed by atoms with Crippen LogP contribution in [0, 0.1) is 11.6 Å². The minimum Gasteiger partial charge on any atom is -0.443 e. The predicted molar refractivity (Wildman–Crippen MR) is 124 cm³/mol. The Morgan fingerprint density at radius 2 is 1.97 bits per heavy atom. The highest BCUT2D eigenvalue weighted by Gasteiger charge is 2.51. The third kappa shape index (κ3) is 4.80. The first-order chi connectivity index (χ1) is 16.4. The molecule has 180 valence electrons. The lowest BCUT2D eigenvalue weighted by Crippen LogP contribution is -2.49. The molecule has 0 radical (unpaired) electrons. The highest BCUT2D eigenvalue weighted by molar-refractivity contribution is 5.97. The van der Waals surface area contributed by atoms with Crippen molar-refractivity contribution >= 4 is 11.9 Å². The number of hydrazone groups is 1. The number of urea groups is 1. The van der Waals surface area contributed by atoms with Crippen LogP contribution < -0.4 is 5.32 Å². The molecule has 1 aliphatic heterocycles. The molecule has 2 amide bonds. The van der Waals surface area contributed by atoms with Gasteiger partial charge in [0.2, 0.25) is 11.6 Å². The fourth-order valence-corrected chi connectivity index (χ4v) is 4.17. The maximum absolute atomic E-state index is 14.6. The average molecular weight is 471 g/mol. The summed E-state index contributed by atoms with van der Waals surface area (Å²) in [5.41, 5.74) is -0.869. The van der Waals surface area contributed by atoms with E-state index in [-0.39, 0.29) is 11.5 Å². The van der Waals surface area contributed by atoms with Crippen LogP contribution in [0.25, 0.3) is 0 Å². The molecule has 34 heavy (non-hydrogen) atoms. The summed E-state index contributed by atoms with van der Waals surface area (Å²) in [4.78, 5) is 18.4. The number of benzene rings is 2. The fourth-order valence-electron chi connectivity index (χ4n) is 4.17. The maximum Gasteiger partial charge on any atom is 0.368 e. The lowest BCUT2D eigenvalue weighted by molar-refractivity contribution is -0.113. The zero-order valence-corrected chi connectivity index (χ0v) is 19.2. The minimum atomic E-state index is -1.37. The number of hydroxylamine groups is 2. The molecule has 0 fully saturated rings. The summed E-state index contributed by atoms with van der Waals surface area (Å²) in [7, 11) is 2.80. The van der Waals surface area contributed by atoms with Gasteiger partial charge >= 0.3 is 6.03 Å². The average Bonchev–Trinajstić information content (AvgIpc) is 3.52. The molecule has 1 unspecified atom stereocenters. The molecule has 1 heterocycles. The van der Waals surface area contributed by atoms with Gasteiger partial charge in [0.05, 0.1) is 12.7 Å². The van der Waals surface area contributed by atoms with Gasteiger partial charge in [0.25, 0.3) is 0 Å². The molecule has 0 aromatic heterocycles. The van der Waals surface area contributed by atoms with Gasteiger partial charge in [-0.15, -0.1) is 5.10 Å². The Bertz CT molecular complexity index is 1070. The Morgan fingerprint density at radius 1 is 1.24 bits per heavy atom. The number of nitrogens with zero attached hydrogens (tertiary/aromatic N) is 3. The highest BCUT2D eigenvalue weighted by atomic mass is 19.1. The summed E-state index contributed by atoms with van der Waals surface area (Å²) in [6, 6.07) is 12.0. The number of amides is 2. The molecule has 7 nitrogen and oxygen atoms in total. The summed E-state index contributed by atoms with van der Waals surface area (Å²) < 4.78 is 34.9. The second kappa shape index (κ2) is 10.3. The van der Waals surface area contributed by atoms with E-state index < -0.39 is 23.4 Å². The van der Waals surface area contributed by atoms with Gasteiger partial charge in [-0.3, -0.25) is 4.84 Å². The van der Waals surface area contributed by atoms with Crippen LogP contribution >= 0.6 is 0 Å². The van der Waals surface area contributed by atoms with Gasteiger partial charge in [-0.1, -0.05) is 42.5 Å². The molecule has 2 aliphatic rings. The monoisotopic (exact) mass is 470 g/mol. The molecule has 2 aromatic carbocycles. The van der Waals surface area contributed by atoms with Crippen LogP contribution in [-0.4, -0.2) is 48.7 Å². The molecule has 0 spiro atoms. The Balaban J connectivity index is 1.69. The number of hydrogen-bond donors (Lipinski definition) is 1. The normalized spacial score (nSPS) is 19.9. The summed E-state index contributed by atoms with van der Waals surface area (Å²) in [5, 5.41) is 10.0. The number of hydrogen-bond acceptors (Lipinski definition) is 5. The molecule has 0 bridgehead atoms. The molecule has 1 N–H and O–H groups in total. The zero-order chi connectivity index (χ0) is 24.1. The van der Waals surface area contributed by atoms with Crippen molar-refractivity contribution in [3.63, 3.8) is 0 Å². The van der Waals surface area contributed by atoms with Gasteiger partial charge in [-0.2, -0.15) is 5.01 Å². The molecule has 4 rings (SSSR count). The standard InChI is InChI=1S/C25H28F2N4O3/c1-30(33-2)24(32)31-25(18-9-4-3-5-10-18,15-8-16-28-20-11-6-7-12-20)34-23(29-31)21-17-19(26)13-14-22(21)27/h3-7,9-10,13-14,17,20,28H,8,11-12,15-16H2,1-2H3. The minimum absolute atomic E-state index is 0.161. The van der Waals surface area contributed by atoms with E-state index in [0.717, 1.165) is 41.1 Å². The first kappa shape index (κ1) is 23.8. The van der Waals surface area contributed by atoms with Crippen LogP contribution in [-0.2, 0) is 15.3 Å². The van der Waals surface area contributed by atoms with Crippen molar-refractivity contribution in [2.75, 3.05) is 20.7 Å². The molecule has 0 saturated carbocycles. The van der Waals surface area contributed by atoms with E-state index in [0.29, 0.717) is 31.0 Å². The van der Waals surface area contributed by atoms with Gasteiger partial charge < -0.3 is 10.1 Å². The van der Waals surface area contributed by atoms with Crippen molar-refractivity contribution in [1.82, 2.24) is 15.4 Å². The molecule has 9 heteroatoms. The molecule has 2 aromatic rings. The quantitative estimate of drug-likeness (QED) is 0.350. The van der Waals surface area contributed by atoms with Crippen LogP contribution in [0.3, 0.4) is 0 Å². The number of ether oxygens (including phenoxy) is 1. The third-order valence-electron chi connectivity index (χ3n) is 6.04. The number of rotatable bonds is 8. The van der Waals surface area contributed by atoms with Crippen LogP contribution in [0.15, 0.2) is 65.8 Å². The van der Waals surface area contributed by atoms with Gasteiger partial charge in [-0.25, -0.2) is 18.6 Å². The van der Waals surface area contributed by atoms with E-state index in [1.165, 1.54) is 14.2 Å². The third-order valence-corrected chi connectivity index (χ3v) is 6.04. The fraction of sp³-hybridized carbons (Fsp3) is 0.360. The van der Waals surface area contributed by atoms with Crippen molar-refractivity contribution in [2.24, 2.45) is 5.10 Å². The molecule has 1 aliphatic carbocycles. The van der Waals surface area contributed by atoms with Gasteiger partial charge in [0, 0.05) is 25.1 Å². The Hall–Kier alpha value is -3.30. The summed E-state index contributed by atoms with van der Waals surface area (Å²) in [5.74, 6) is -1.51. The van der Waals surface area contributed by atoms with Crippen molar-refractivity contribution < 1.29 is 23.1 Å². The summed E-state index contributed by atoms with van der Waals surface area (Å²) in [6.07, 6.45) is 7.26. The number of carbonyl (C=O) groups excluding carboxylic acids is 1. The van der Waals surface area contributed by atoms with E-state index in [4.69, 9.17) is 9.57 Å². The van der Waals surface area contributed by atoms with E-state index in [1.807, 2.05) is 30.3 Å². The second-order valence-electron chi connectivity index (χ2n) is 8.25. The van der Waals surface area contributed by atoms with Crippen LogP contribution in [0.4, 0.5) is 13.6 Å². The van der Waals surface area contributed by atoms with E-state index in [9.17, 15) is 13.6 Å². The molecular formula is C25H28F2N4O3.